The monoisotopic (exact) mass is 401 g/mol. The molecule has 0 radical (unpaired) electrons. The SMILES string of the molecule is O=C(NCC#Cc1cc(CO)ccc1-c1ccc(CO)cc1)OCc1ccccc1. The van der Waals surface area contributed by atoms with Crippen LogP contribution in [0, 0.1) is 11.8 Å². The normalized spacial score (nSPS) is 10.1. The van der Waals surface area contributed by atoms with Crippen LogP contribution in [0.2, 0.25) is 0 Å². The quantitative estimate of drug-likeness (QED) is 0.552. The van der Waals surface area contributed by atoms with Crippen molar-refractivity contribution in [1.82, 2.24) is 5.32 Å². The van der Waals surface area contributed by atoms with E-state index in [0.717, 1.165) is 33.4 Å². The lowest BCUT2D eigenvalue weighted by Gasteiger charge is -2.08. The van der Waals surface area contributed by atoms with Gasteiger partial charge < -0.3 is 20.3 Å². The van der Waals surface area contributed by atoms with Crippen LogP contribution >= 0.6 is 0 Å². The summed E-state index contributed by atoms with van der Waals surface area (Å²) >= 11 is 0. The minimum absolute atomic E-state index is 0.0115. The summed E-state index contributed by atoms with van der Waals surface area (Å²) in [6.07, 6.45) is -0.530. The van der Waals surface area contributed by atoms with E-state index in [-0.39, 0.29) is 26.4 Å². The molecule has 0 aliphatic heterocycles. The molecule has 152 valence electrons. The number of benzene rings is 3. The van der Waals surface area contributed by atoms with Gasteiger partial charge in [0.25, 0.3) is 0 Å². The topological polar surface area (TPSA) is 78.8 Å². The average molecular weight is 401 g/mol. The predicted molar refractivity (Wildman–Crippen MR) is 115 cm³/mol. The van der Waals surface area contributed by atoms with Crippen molar-refractivity contribution in [1.29, 1.82) is 0 Å². The van der Waals surface area contributed by atoms with Gasteiger partial charge >= 0.3 is 6.09 Å². The van der Waals surface area contributed by atoms with Crippen LogP contribution in [0.5, 0.6) is 0 Å². The number of aliphatic hydroxyl groups is 2. The van der Waals surface area contributed by atoms with Crippen molar-refractivity contribution in [2.75, 3.05) is 6.54 Å². The molecule has 0 unspecified atom stereocenters. The summed E-state index contributed by atoms with van der Waals surface area (Å²) in [5, 5.41) is 21.3. The Labute approximate surface area is 176 Å². The molecule has 0 saturated heterocycles. The molecule has 0 aromatic heterocycles. The Morgan fingerprint density at radius 1 is 0.867 bits per heavy atom. The molecule has 5 nitrogen and oxygen atoms in total. The fourth-order valence-electron chi connectivity index (χ4n) is 2.86. The number of nitrogens with one attached hydrogen (secondary N) is 1. The molecule has 30 heavy (non-hydrogen) atoms. The Morgan fingerprint density at radius 3 is 2.27 bits per heavy atom. The Morgan fingerprint density at radius 2 is 1.57 bits per heavy atom. The first-order valence-corrected chi connectivity index (χ1v) is 9.57. The van der Waals surface area contributed by atoms with Gasteiger partial charge in [0.15, 0.2) is 0 Å². The van der Waals surface area contributed by atoms with E-state index in [9.17, 15) is 15.0 Å². The van der Waals surface area contributed by atoms with E-state index in [1.54, 1.807) is 0 Å². The number of hydrogen-bond acceptors (Lipinski definition) is 4. The van der Waals surface area contributed by atoms with Crippen molar-refractivity contribution in [3.05, 3.63) is 95.1 Å². The van der Waals surface area contributed by atoms with E-state index in [4.69, 9.17) is 4.74 Å². The first-order valence-electron chi connectivity index (χ1n) is 9.57. The van der Waals surface area contributed by atoms with Crippen molar-refractivity contribution in [2.24, 2.45) is 0 Å². The van der Waals surface area contributed by atoms with Crippen LogP contribution in [0.3, 0.4) is 0 Å². The molecule has 0 bridgehead atoms. The van der Waals surface area contributed by atoms with E-state index < -0.39 is 6.09 Å². The summed E-state index contributed by atoms with van der Waals surface area (Å²) < 4.78 is 5.16. The molecule has 0 aliphatic rings. The maximum atomic E-state index is 11.8. The second-order valence-corrected chi connectivity index (χ2v) is 6.61. The lowest BCUT2D eigenvalue weighted by atomic mass is 9.97. The van der Waals surface area contributed by atoms with E-state index in [1.165, 1.54) is 0 Å². The Kier molecular flexibility index (Phi) is 7.62. The number of rotatable bonds is 6. The van der Waals surface area contributed by atoms with Gasteiger partial charge in [-0.2, -0.15) is 0 Å². The number of aliphatic hydroxyl groups excluding tert-OH is 2. The molecule has 0 heterocycles. The number of amides is 1. The van der Waals surface area contributed by atoms with Gasteiger partial charge in [-0.25, -0.2) is 4.79 Å². The summed E-state index contributed by atoms with van der Waals surface area (Å²) in [4.78, 5) is 11.8. The molecular formula is C25H23NO4. The Bertz CT molecular complexity index is 1030. The van der Waals surface area contributed by atoms with Gasteiger partial charge in [0, 0.05) is 5.56 Å². The van der Waals surface area contributed by atoms with Crippen LogP contribution in [0.4, 0.5) is 4.79 Å². The highest BCUT2D eigenvalue weighted by Gasteiger charge is 2.06. The third-order valence-electron chi connectivity index (χ3n) is 4.47. The molecule has 3 aromatic rings. The third-order valence-corrected chi connectivity index (χ3v) is 4.47. The summed E-state index contributed by atoms with van der Waals surface area (Å²) in [5.41, 5.74) is 5.11. The molecule has 0 atom stereocenters. The van der Waals surface area contributed by atoms with Crippen LogP contribution < -0.4 is 5.32 Å². The highest BCUT2D eigenvalue weighted by Crippen LogP contribution is 2.25. The molecule has 0 fully saturated rings. The summed E-state index contributed by atoms with van der Waals surface area (Å²) in [6.45, 7) is 0.247. The van der Waals surface area contributed by atoms with Gasteiger partial charge in [-0.3, -0.25) is 0 Å². The number of carbonyl (C=O) groups is 1. The zero-order chi connectivity index (χ0) is 21.2. The molecule has 1 amide bonds. The molecular weight excluding hydrogens is 378 g/mol. The zero-order valence-corrected chi connectivity index (χ0v) is 16.5. The summed E-state index contributed by atoms with van der Waals surface area (Å²) in [6, 6.07) is 22.6. The van der Waals surface area contributed by atoms with Crippen LogP contribution in [0.15, 0.2) is 72.8 Å². The van der Waals surface area contributed by atoms with E-state index in [0.29, 0.717) is 0 Å². The second kappa shape index (κ2) is 10.8. The first kappa shape index (κ1) is 21.1. The number of ether oxygens (including phenoxy) is 1. The van der Waals surface area contributed by atoms with Gasteiger partial charge in [0.2, 0.25) is 0 Å². The number of hydrogen-bond donors (Lipinski definition) is 3. The molecule has 5 heteroatoms. The highest BCUT2D eigenvalue weighted by atomic mass is 16.5. The summed E-state index contributed by atoms with van der Waals surface area (Å²) in [7, 11) is 0. The third kappa shape index (κ3) is 5.95. The molecule has 3 N–H and O–H groups in total. The smallest absolute Gasteiger partial charge is 0.408 e. The first-order chi connectivity index (χ1) is 14.7. The van der Waals surface area contributed by atoms with Crippen molar-refractivity contribution in [3.8, 4) is 23.0 Å². The van der Waals surface area contributed by atoms with Crippen LogP contribution in [0.25, 0.3) is 11.1 Å². The standard InChI is InChI=1S/C25H23NO4/c27-16-19-8-11-22(12-9-19)24-13-10-21(17-28)15-23(24)7-4-14-26-25(29)30-18-20-5-2-1-3-6-20/h1-3,5-6,8-13,15,27-28H,14,16-18H2,(H,26,29). The lowest BCUT2D eigenvalue weighted by Crippen LogP contribution is -2.24. The largest absolute Gasteiger partial charge is 0.445 e. The van der Waals surface area contributed by atoms with Crippen LogP contribution in [0.1, 0.15) is 22.3 Å². The predicted octanol–water partition coefficient (Wildman–Crippen LogP) is 3.62. The van der Waals surface area contributed by atoms with Gasteiger partial charge in [-0.1, -0.05) is 78.6 Å². The minimum atomic E-state index is -0.530. The van der Waals surface area contributed by atoms with Gasteiger partial charge in [0.1, 0.15) is 6.61 Å². The van der Waals surface area contributed by atoms with E-state index in [1.807, 2.05) is 72.8 Å². The molecule has 0 aliphatic carbocycles. The van der Waals surface area contributed by atoms with Crippen LogP contribution in [-0.4, -0.2) is 22.9 Å². The maximum absolute atomic E-state index is 11.8. The summed E-state index contributed by atoms with van der Waals surface area (Å²) in [5.74, 6) is 5.99. The molecule has 3 aromatic carbocycles. The van der Waals surface area contributed by atoms with Gasteiger partial charge in [0.05, 0.1) is 19.8 Å². The highest BCUT2D eigenvalue weighted by molar-refractivity contribution is 5.72. The van der Waals surface area contributed by atoms with Crippen LogP contribution in [-0.2, 0) is 24.6 Å². The number of alkyl carbamates (subject to hydrolysis) is 1. The van der Waals surface area contributed by atoms with Crippen molar-refractivity contribution < 1.29 is 19.7 Å². The van der Waals surface area contributed by atoms with Gasteiger partial charge in [-0.05, 0) is 33.9 Å². The van der Waals surface area contributed by atoms with E-state index in [2.05, 4.69) is 17.2 Å². The fourth-order valence-corrected chi connectivity index (χ4v) is 2.86. The Hall–Kier alpha value is -3.59. The van der Waals surface area contributed by atoms with Crippen molar-refractivity contribution in [2.45, 2.75) is 19.8 Å². The molecule has 3 rings (SSSR count). The lowest BCUT2D eigenvalue weighted by molar-refractivity contribution is 0.141. The minimum Gasteiger partial charge on any atom is -0.445 e. The van der Waals surface area contributed by atoms with Crippen molar-refractivity contribution >= 4 is 6.09 Å². The zero-order valence-electron chi connectivity index (χ0n) is 16.5. The van der Waals surface area contributed by atoms with Crippen molar-refractivity contribution in [3.63, 3.8) is 0 Å². The maximum Gasteiger partial charge on any atom is 0.408 e. The Balaban J connectivity index is 1.65. The average Bonchev–Trinajstić information content (AvgIpc) is 2.81. The van der Waals surface area contributed by atoms with Gasteiger partial charge in [-0.15, -0.1) is 0 Å². The second-order valence-electron chi connectivity index (χ2n) is 6.61. The molecule has 0 saturated carbocycles. The number of carbonyl (C=O) groups excluding carboxylic acids is 1. The molecule has 0 spiro atoms. The fraction of sp³-hybridized carbons (Fsp3) is 0.160. The van der Waals surface area contributed by atoms with E-state index >= 15 is 0 Å².